The Balaban J connectivity index is 1.64. The minimum absolute atomic E-state index is 0.335. The fourth-order valence-corrected chi connectivity index (χ4v) is 3.33. The highest BCUT2D eigenvalue weighted by atomic mass is 79.9. The minimum atomic E-state index is 0.335. The summed E-state index contributed by atoms with van der Waals surface area (Å²) in [5, 5.41) is 4.12. The number of halogens is 1. The van der Waals surface area contributed by atoms with Gasteiger partial charge in [0.25, 0.3) is 0 Å². The summed E-state index contributed by atoms with van der Waals surface area (Å²) in [4.78, 5) is 11.8. The van der Waals surface area contributed by atoms with Crippen LogP contribution >= 0.6 is 15.9 Å². The Morgan fingerprint density at radius 3 is 2.47 bits per heavy atom. The van der Waals surface area contributed by atoms with E-state index in [1.807, 2.05) is 0 Å². The number of amides is 1. The predicted molar refractivity (Wildman–Crippen MR) is 65.0 cm³/mol. The number of carbonyl (C=O) groups excluding carboxylic acids is 1. The molecular formula is C12H20BrNO. The SMILES string of the molecule is O=C(NCCCCBr)C1C2CCCCC21. The number of fused-ring (bicyclic) bond motifs is 1. The molecule has 2 saturated carbocycles. The molecule has 86 valence electrons. The first kappa shape index (κ1) is 11.4. The van der Waals surface area contributed by atoms with E-state index in [2.05, 4.69) is 21.2 Å². The van der Waals surface area contributed by atoms with Crippen LogP contribution in [0.25, 0.3) is 0 Å². The molecule has 0 bridgehead atoms. The predicted octanol–water partition coefficient (Wildman–Crippen LogP) is 2.71. The summed E-state index contributed by atoms with van der Waals surface area (Å²) in [6.07, 6.45) is 7.52. The van der Waals surface area contributed by atoms with Crippen LogP contribution in [0.3, 0.4) is 0 Å². The summed E-state index contributed by atoms with van der Waals surface area (Å²) < 4.78 is 0. The summed E-state index contributed by atoms with van der Waals surface area (Å²) in [5.41, 5.74) is 0. The first-order chi connectivity index (χ1) is 7.34. The van der Waals surface area contributed by atoms with Gasteiger partial charge in [-0.15, -0.1) is 0 Å². The van der Waals surface area contributed by atoms with Crippen LogP contribution in [0.5, 0.6) is 0 Å². The molecule has 0 aromatic rings. The maximum absolute atomic E-state index is 11.8. The van der Waals surface area contributed by atoms with Gasteiger partial charge < -0.3 is 5.32 Å². The maximum Gasteiger partial charge on any atom is 0.223 e. The van der Waals surface area contributed by atoms with Crippen molar-refractivity contribution in [3.8, 4) is 0 Å². The molecule has 0 radical (unpaired) electrons. The molecule has 2 fully saturated rings. The Labute approximate surface area is 100 Å². The van der Waals surface area contributed by atoms with E-state index in [1.54, 1.807) is 0 Å². The van der Waals surface area contributed by atoms with Gasteiger partial charge in [-0.25, -0.2) is 0 Å². The minimum Gasteiger partial charge on any atom is -0.356 e. The zero-order valence-electron chi connectivity index (χ0n) is 9.18. The number of carbonyl (C=O) groups is 1. The third-order valence-corrected chi connectivity index (χ3v) is 4.38. The second-order valence-corrected chi connectivity index (χ2v) is 5.62. The summed E-state index contributed by atoms with van der Waals surface area (Å²) in [5.74, 6) is 2.21. The van der Waals surface area contributed by atoms with Gasteiger partial charge in [0.2, 0.25) is 5.91 Å². The van der Waals surface area contributed by atoms with E-state index in [4.69, 9.17) is 0 Å². The molecule has 0 aromatic heterocycles. The Kier molecular flexibility index (Phi) is 4.06. The molecule has 0 spiro atoms. The van der Waals surface area contributed by atoms with Crippen LogP contribution in [0.1, 0.15) is 38.5 Å². The lowest BCUT2D eigenvalue weighted by molar-refractivity contribution is -0.122. The van der Waals surface area contributed by atoms with Gasteiger partial charge in [0.05, 0.1) is 0 Å². The molecule has 0 heterocycles. The average molecular weight is 274 g/mol. The highest BCUT2D eigenvalue weighted by Gasteiger charge is 2.54. The largest absolute Gasteiger partial charge is 0.356 e. The van der Waals surface area contributed by atoms with E-state index in [9.17, 15) is 4.79 Å². The lowest BCUT2D eigenvalue weighted by Gasteiger charge is -2.04. The molecule has 3 heteroatoms. The molecule has 2 aliphatic rings. The topological polar surface area (TPSA) is 29.1 Å². The van der Waals surface area contributed by atoms with Crippen molar-refractivity contribution in [1.82, 2.24) is 5.32 Å². The molecular weight excluding hydrogens is 254 g/mol. The van der Waals surface area contributed by atoms with Crippen molar-refractivity contribution in [3.05, 3.63) is 0 Å². The lowest BCUT2D eigenvalue weighted by atomic mass is 10.0. The molecule has 1 amide bonds. The van der Waals surface area contributed by atoms with Crippen molar-refractivity contribution in [3.63, 3.8) is 0 Å². The summed E-state index contributed by atoms with van der Waals surface area (Å²) in [7, 11) is 0. The van der Waals surface area contributed by atoms with E-state index in [-0.39, 0.29) is 0 Å². The molecule has 0 saturated heterocycles. The van der Waals surface area contributed by atoms with Crippen molar-refractivity contribution >= 4 is 21.8 Å². The molecule has 2 rings (SSSR count). The molecule has 15 heavy (non-hydrogen) atoms. The third kappa shape index (κ3) is 2.74. The van der Waals surface area contributed by atoms with Crippen molar-refractivity contribution in [2.75, 3.05) is 11.9 Å². The zero-order chi connectivity index (χ0) is 10.7. The van der Waals surface area contributed by atoms with Crippen molar-refractivity contribution < 1.29 is 4.79 Å². The standard InChI is InChI=1S/C12H20BrNO/c13-7-3-4-8-14-12(15)11-9-5-1-2-6-10(9)11/h9-11H,1-8H2,(H,14,15). The summed E-state index contributed by atoms with van der Waals surface area (Å²) >= 11 is 3.39. The lowest BCUT2D eigenvalue weighted by Crippen LogP contribution is -2.27. The molecule has 0 aromatic carbocycles. The molecule has 0 aliphatic heterocycles. The Morgan fingerprint density at radius 2 is 1.87 bits per heavy atom. The second kappa shape index (κ2) is 5.33. The molecule has 2 nitrogen and oxygen atoms in total. The van der Waals surface area contributed by atoms with Crippen LogP contribution in [0.4, 0.5) is 0 Å². The van der Waals surface area contributed by atoms with Crippen LogP contribution in [-0.4, -0.2) is 17.8 Å². The Bertz CT molecular complexity index is 220. The summed E-state index contributed by atoms with van der Waals surface area (Å²) in [6.45, 7) is 0.861. The van der Waals surface area contributed by atoms with Gasteiger partial charge in [0.15, 0.2) is 0 Å². The van der Waals surface area contributed by atoms with E-state index in [0.717, 1.165) is 36.6 Å². The zero-order valence-corrected chi connectivity index (χ0v) is 10.8. The Hall–Kier alpha value is -0.0500. The number of rotatable bonds is 5. The molecule has 2 aliphatic carbocycles. The van der Waals surface area contributed by atoms with Gasteiger partial charge in [-0.3, -0.25) is 4.79 Å². The van der Waals surface area contributed by atoms with E-state index in [1.165, 1.54) is 25.7 Å². The van der Waals surface area contributed by atoms with Crippen LogP contribution in [0, 0.1) is 17.8 Å². The quantitative estimate of drug-likeness (QED) is 0.606. The number of nitrogens with one attached hydrogen (secondary N) is 1. The molecule has 1 N–H and O–H groups in total. The van der Waals surface area contributed by atoms with Crippen LogP contribution in [-0.2, 0) is 4.79 Å². The van der Waals surface area contributed by atoms with Crippen LogP contribution < -0.4 is 5.32 Å². The van der Waals surface area contributed by atoms with Crippen molar-refractivity contribution in [1.29, 1.82) is 0 Å². The normalized spacial score (nSPS) is 33.3. The van der Waals surface area contributed by atoms with Gasteiger partial charge in [0, 0.05) is 17.8 Å². The average Bonchev–Trinajstić information content (AvgIpc) is 2.98. The van der Waals surface area contributed by atoms with Crippen LogP contribution in [0.15, 0.2) is 0 Å². The molecule has 2 unspecified atom stereocenters. The highest BCUT2D eigenvalue weighted by molar-refractivity contribution is 9.09. The van der Waals surface area contributed by atoms with E-state index >= 15 is 0 Å². The van der Waals surface area contributed by atoms with Crippen LogP contribution in [0.2, 0.25) is 0 Å². The van der Waals surface area contributed by atoms with E-state index in [0.29, 0.717) is 11.8 Å². The first-order valence-corrected chi connectivity index (χ1v) is 7.30. The van der Waals surface area contributed by atoms with Crippen molar-refractivity contribution in [2.45, 2.75) is 38.5 Å². The maximum atomic E-state index is 11.8. The van der Waals surface area contributed by atoms with Crippen molar-refractivity contribution in [2.24, 2.45) is 17.8 Å². The smallest absolute Gasteiger partial charge is 0.223 e. The number of alkyl halides is 1. The summed E-state index contributed by atoms with van der Waals surface area (Å²) in [6, 6.07) is 0. The first-order valence-electron chi connectivity index (χ1n) is 6.18. The van der Waals surface area contributed by atoms with Gasteiger partial charge in [0.1, 0.15) is 0 Å². The molecule has 2 atom stereocenters. The number of hydrogen-bond donors (Lipinski definition) is 1. The second-order valence-electron chi connectivity index (χ2n) is 4.83. The monoisotopic (exact) mass is 273 g/mol. The van der Waals surface area contributed by atoms with Gasteiger partial charge in [-0.05, 0) is 37.5 Å². The fraction of sp³-hybridized carbons (Fsp3) is 0.917. The van der Waals surface area contributed by atoms with Gasteiger partial charge in [-0.2, -0.15) is 0 Å². The number of hydrogen-bond acceptors (Lipinski definition) is 1. The highest BCUT2D eigenvalue weighted by Crippen LogP contribution is 2.55. The van der Waals surface area contributed by atoms with Gasteiger partial charge >= 0.3 is 0 Å². The van der Waals surface area contributed by atoms with E-state index < -0.39 is 0 Å². The Morgan fingerprint density at radius 1 is 1.20 bits per heavy atom. The fourth-order valence-electron chi connectivity index (χ4n) is 2.93. The number of unbranched alkanes of at least 4 members (excludes halogenated alkanes) is 1. The van der Waals surface area contributed by atoms with Gasteiger partial charge in [-0.1, -0.05) is 28.8 Å². The third-order valence-electron chi connectivity index (χ3n) is 3.82.